The standard InChI is InChI=1S/C19H23N5/c1-15(21-12-16-4-8-18(9-5-16)23(2)3)17-6-10-19(11-7-17)24-14-20-13-22-24/h4-11,13-15,21H,12H2,1-3H3. The summed E-state index contributed by atoms with van der Waals surface area (Å²) in [6, 6.07) is 17.3. The minimum Gasteiger partial charge on any atom is -0.378 e. The average Bonchev–Trinajstić information content (AvgIpc) is 3.15. The van der Waals surface area contributed by atoms with E-state index in [9.17, 15) is 0 Å². The number of anilines is 1. The van der Waals surface area contributed by atoms with Crippen molar-refractivity contribution in [2.45, 2.75) is 19.5 Å². The molecule has 1 unspecified atom stereocenters. The van der Waals surface area contributed by atoms with Gasteiger partial charge in [-0.2, -0.15) is 5.10 Å². The fraction of sp³-hybridized carbons (Fsp3) is 0.263. The minimum atomic E-state index is 0.281. The molecule has 0 aliphatic heterocycles. The molecule has 0 radical (unpaired) electrons. The van der Waals surface area contributed by atoms with Crippen LogP contribution in [0.1, 0.15) is 24.1 Å². The van der Waals surface area contributed by atoms with Crippen LogP contribution in [0, 0.1) is 0 Å². The molecular weight excluding hydrogens is 298 g/mol. The van der Waals surface area contributed by atoms with Gasteiger partial charge < -0.3 is 10.2 Å². The summed E-state index contributed by atoms with van der Waals surface area (Å²) in [7, 11) is 4.11. The zero-order valence-corrected chi connectivity index (χ0v) is 14.3. The Morgan fingerprint density at radius 1 is 1.04 bits per heavy atom. The second-order valence-corrected chi connectivity index (χ2v) is 6.10. The van der Waals surface area contributed by atoms with Crippen molar-refractivity contribution in [1.82, 2.24) is 20.1 Å². The van der Waals surface area contributed by atoms with Crippen molar-refractivity contribution in [3.63, 3.8) is 0 Å². The van der Waals surface area contributed by atoms with E-state index >= 15 is 0 Å². The lowest BCUT2D eigenvalue weighted by Crippen LogP contribution is -2.18. The van der Waals surface area contributed by atoms with Gasteiger partial charge in [0.2, 0.25) is 0 Å². The summed E-state index contributed by atoms with van der Waals surface area (Å²) < 4.78 is 1.76. The monoisotopic (exact) mass is 321 g/mol. The summed E-state index contributed by atoms with van der Waals surface area (Å²) in [6.45, 7) is 3.03. The first-order valence-corrected chi connectivity index (χ1v) is 8.08. The zero-order chi connectivity index (χ0) is 16.9. The molecule has 0 fully saturated rings. The Bertz CT molecular complexity index is 745. The molecule has 0 saturated carbocycles. The van der Waals surface area contributed by atoms with Gasteiger partial charge >= 0.3 is 0 Å². The smallest absolute Gasteiger partial charge is 0.138 e. The van der Waals surface area contributed by atoms with Crippen LogP contribution in [0.5, 0.6) is 0 Å². The molecule has 24 heavy (non-hydrogen) atoms. The fourth-order valence-corrected chi connectivity index (χ4v) is 2.56. The van der Waals surface area contributed by atoms with Crippen molar-refractivity contribution in [3.05, 3.63) is 72.3 Å². The van der Waals surface area contributed by atoms with Gasteiger partial charge in [-0.1, -0.05) is 24.3 Å². The molecule has 2 aromatic carbocycles. The number of nitrogens with one attached hydrogen (secondary N) is 1. The van der Waals surface area contributed by atoms with E-state index in [1.54, 1.807) is 17.3 Å². The number of hydrogen-bond acceptors (Lipinski definition) is 4. The number of aromatic nitrogens is 3. The highest BCUT2D eigenvalue weighted by atomic mass is 15.3. The molecule has 0 aliphatic carbocycles. The van der Waals surface area contributed by atoms with Gasteiger partial charge in [0.1, 0.15) is 12.7 Å². The Kier molecular flexibility index (Phi) is 4.91. The molecule has 3 aromatic rings. The average molecular weight is 321 g/mol. The molecule has 0 saturated heterocycles. The van der Waals surface area contributed by atoms with Crippen LogP contribution in [0.4, 0.5) is 5.69 Å². The summed E-state index contributed by atoms with van der Waals surface area (Å²) in [6.07, 6.45) is 3.24. The third kappa shape index (κ3) is 3.81. The molecule has 1 aromatic heterocycles. The molecule has 0 bridgehead atoms. The molecule has 0 amide bonds. The molecule has 124 valence electrons. The SMILES string of the molecule is CC(NCc1ccc(N(C)C)cc1)c1ccc(-n2cncn2)cc1. The van der Waals surface area contributed by atoms with E-state index in [4.69, 9.17) is 0 Å². The van der Waals surface area contributed by atoms with Gasteiger partial charge in [-0.3, -0.25) is 0 Å². The van der Waals surface area contributed by atoms with Gasteiger partial charge in [-0.15, -0.1) is 0 Å². The van der Waals surface area contributed by atoms with Crippen LogP contribution in [-0.4, -0.2) is 28.9 Å². The van der Waals surface area contributed by atoms with Gasteiger partial charge in [-0.05, 0) is 42.3 Å². The summed E-state index contributed by atoms with van der Waals surface area (Å²) >= 11 is 0. The highest BCUT2D eigenvalue weighted by molar-refractivity contribution is 5.46. The van der Waals surface area contributed by atoms with Crippen LogP contribution in [0.3, 0.4) is 0 Å². The number of benzene rings is 2. The lowest BCUT2D eigenvalue weighted by molar-refractivity contribution is 0.574. The molecule has 3 rings (SSSR count). The third-order valence-corrected chi connectivity index (χ3v) is 4.14. The van der Waals surface area contributed by atoms with Gasteiger partial charge in [0.15, 0.2) is 0 Å². The summed E-state index contributed by atoms with van der Waals surface area (Å²) in [5.41, 5.74) is 4.77. The molecule has 1 heterocycles. The van der Waals surface area contributed by atoms with E-state index in [1.165, 1.54) is 16.8 Å². The van der Waals surface area contributed by atoms with Crippen LogP contribution in [0.2, 0.25) is 0 Å². The highest BCUT2D eigenvalue weighted by Gasteiger charge is 2.06. The van der Waals surface area contributed by atoms with Crippen molar-refractivity contribution in [3.8, 4) is 5.69 Å². The van der Waals surface area contributed by atoms with Crippen molar-refractivity contribution in [2.75, 3.05) is 19.0 Å². The molecule has 0 aliphatic rings. The third-order valence-electron chi connectivity index (χ3n) is 4.14. The van der Waals surface area contributed by atoms with Crippen LogP contribution >= 0.6 is 0 Å². The van der Waals surface area contributed by atoms with E-state index in [1.807, 2.05) is 0 Å². The topological polar surface area (TPSA) is 46.0 Å². The maximum atomic E-state index is 4.14. The lowest BCUT2D eigenvalue weighted by Gasteiger charge is -2.16. The normalized spacial score (nSPS) is 12.1. The summed E-state index contributed by atoms with van der Waals surface area (Å²) in [4.78, 5) is 6.08. The van der Waals surface area contributed by atoms with Crippen LogP contribution in [-0.2, 0) is 6.54 Å². The number of nitrogens with zero attached hydrogens (tertiary/aromatic N) is 4. The van der Waals surface area contributed by atoms with E-state index in [-0.39, 0.29) is 6.04 Å². The minimum absolute atomic E-state index is 0.281. The van der Waals surface area contributed by atoms with Crippen molar-refractivity contribution >= 4 is 5.69 Å². The molecule has 1 N–H and O–H groups in total. The zero-order valence-electron chi connectivity index (χ0n) is 14.3. The van der Waals surface area contributed by atoms with Gasteiger partial charge in [-0.25, -0.2) is 9.67 Å². The van der Waals surface area contributed by atoms with Crippen LogP contribution < -0.4 is 10.2 Å². The molecule has 5 heteroatoms. The molecule has 5 nitrogen and oxygen atoms in total. The van der Waals surface area contributed by atoms with Crippen molar-refractivity contribution in [2.24, 2.45) is 0 Å². The first-order valence-electron chi connectivity index (χ1n) is 8.08. The Balaban J connectivity index is 1.59. The Morgan fingerprint density at radius 2 is 1.75 bits per heavy atom. The fourth-order valence-electron chi connectivity index (χ4n) is 2.56. The highest BCUT2D eigenvalue weighted by Crippen LogP contribution is 2.17. The Labute approximate surface area is 143 Å². The van der Waals surface area contributed by atoms with E-state index < -0.39 is 0 Å². The van der Waals surface area contributed by atoms with E-state index in [0.717, 1.165) is 12.2 Å². The van der Waals surface area contributed by atoms with E-state index in [0.29, 0.717) is 0 Å². The van der Waals surface area contributed by atoms with Crippen LogP contribution in [0.15, 0.2) is 61.2 Å². The lowest BCUT2D eigenvalue weighted by atomic mass is 10.1. The van der Waals surface area contributed by atoms with Crippen molar-refractivity contribution in [1.29, 1.82) is 0 Å². The van der Waals surface area contributed by atoms with Gasteiger partial charge in [0.05, 0.1) is 5.69 Å². The Hall–Kier alpha value is -2.66. The quantitative estimate of drug-likeness (QED) is 0.757. The molecule has 1 atom stereocenters. The van der Waals surface area contributed by atoms with Gasteiger partial charge in [0, 0.05) is 32.4 Å². The van der Waals surface area contributed by atoms with Crippen LogP contribution in [0.25, 0.3) is 5.69 Å². The second-order valence-electron chi connectivity index (χ2n) is 6.10. The number of rotatable bonds is 6. The predicted octanol–water partition coefficient (Wildman–Crippen LogP) is 3.18. The summed E-state index contributed by atoms with van der Waals surface area (Å²) in [5, 5.41) is 7.71. The molecule has 0 spiro atoms. The second kappa shape index (κ2) is 7.27. The van der Waals surface area contributed by atoms with Crippen molar-refractivity contribution < 1.29 is 0 Å². The molecular formula is C19H23N5. The predicted molar refractivity (Wildman–Crippen MR) is 97.4 cm³/mol. The maximum Gasteiger partial charge on any atom is 0.138 e. The number of hydrogen-bond donors (Lipinski definition) is 1. The Morgan fingerprint density at radius 3 is 2.33 bits per heavy atom. The summed E-state index contributed by atoms with van der Waals surface area (Å²) in [5.74, 6) is 0. The maximum absolute atomic E-state index is 4.14. The van der Waals surface area contributed by atoms with Gasteiger partial charge in [0.25, 0.3) is 0 Å². The van der Waals surface area contributed by atoms with E-state index in [2.05, 4.69) is 89.8 Å². The largest absolute Gasteiger partial charge is 0.378 e. The first kappa shape index (κ1) is 16.2. The first-order chi connectivity index (χ1) is 11.6.